The van der Waals surface area contributed by atoms with Gasteiger partial charge in [0.25, 0.3) is 17.7 Å². The Kier molecular flexibility index (Phi) is 5.59. The molecule has 29 heavy (non-hydrogen) atoms. The van der Waals surface area contributed by atoms with Gasteiger partial charge in [-0.15, -0.1) is 0 Å². The Labute approximate surface area is 169 Å². The molecule has 0 atom stereocenters. The summed E-state index contributed by atoms with van der Waals surface area (Å²) >= 11 is 0. The van der Waals surface area contributed by atoms with E-state index >= 15 is 0 Å². The van der Waals surface area contributed by atoms with E-state index in [1.165, 1.54) is 18.7 Å². The van der Waals surface area contributed by atoms with Crippen molar-refractivity contribution in [2.45, 2.75) is 19.3 Å². The summed E-state index contributed by atoms with van der Waals surface area (Å²) in [6.45, 7) is 3.23. The quantitative estimate of drug-likeness (QED) is 0.791. The highest BCUT2D eigenvalue weighted by Gasteiger charge is 2.27. The number of rotatable bonds is 3. The van der Waals surface area contributed by atoms with E-state index in [1.54, 1.807) is 28.0 Å². The zero-order chi connectivity index (χ0) is 20.2. The Bertz CT molecular complexity index is 882. The van der Waals surface area contributed by atoms with Gasteiger partial charge in [0.2, 0.25) is 0 Å². The lowest BCUT2D eigenvalue weighted by atomic mass is 10.1. The Balaban J connectivity index is 1.39. The highest BCUT2D eigenvalue weighted by Crippen LogP contribution is 2.16. The average Bonchev–Trinajstić information content (AvgIpc) is 3.33. The molecule has 0 saturated carbocycles. The molecule has 0 unspecified atom stereocenters. The van der Waals surface area contributed by atoms with Crippen LogP contribution in [0.2, 0.25) is 0 Å². The van der Waals surface area contributed by atoms with Crippen molar-refractivity contribution in [1.29, 1.82) is 0 Å². The summed E-state index contributed by atoms with van der Waals surface area (Å²) in [6, 6.07) is 4.95. The number of furan rings is 1. The van der Waals surface area contributed by atoms with Gasteiger partial charge in [0.15, 0.2) is 5.76 Å². The fourth-order valence-corrected chi connectivity index (χ4v) is 3.80. The van der Waals surface area contributed by atoms with Crippen LogP contribution in [0.5, 0.6) is 0 Å². The van der Waals surface area contributed by atoms with Gasteiger partial charge in [0.05, 0.1) is 17.4 Å². The lowest BCUT2D eigenvalue weighted by Crippen LogP contribution is -2.50. The van der Waals surface area contributed by atoms with Crippen LogP contribution in [-0.2, 0) is 0 Å². The van der Waals surface area contributed by atoms with E-state index in [0.29, 0.717) is 43.1 Å². The topological polar surface area (TPSA) is 87.0 Å². The van der Waals surface area contributed by atoms with Crippen molar-refractivity contribution in [1.82, 2.24) is 19.7 Å². The van der Waals surface area contributed by atoms with Gasteiger partial charge in [-0.2, -0.15) is 0 Å². The first-order valence-corrected chi connectivity index (χ1v) is 10.00. The summed E-state index contributed by atoms with van der Waals surface area (Å²) in [7, 11) is 0. The number of pyridine rings is 1. The van der Waals surface area contributed by atoms with Gasteiger partial charge < -0.3 is 19.1 Å². The van der Waals surface area contributed by atoms with Crippen molar-refractivity contribution in [2.75, 3.05) is 39.3 Å². The second-order valence-corrected chi connectivity index (χ2v) is 7.38. The Hall–Kier alpha value is -3.16. The first-order chi connectivity index (χ1) is 14.1. The van der Waals surface area contributed by atoms with Crippen LogP contribution in [0.25, 0.3) is 0 Å². The minimum Gasteiger partial charge on any atom is -0.459 e. The number of carbonyl (C=O) groups is 3. The largest absolute Gasteiger partial charge is 0.459 e. The van der Waals surface area contributed by atoms with Crippen LogP contribution in [0.3, 0.4) is 0 Å². The van der Waals surface area contributed by atoms with E-state index in [9.17, 15) is 14.4 Å². The third-order valence-electron chi connectivity index (χ3n) is 5.46. The standard InChI is InChI=1S/C21H24N4O4/c26-19(23-6-2-1-3-7-23)16-13-17(15-22-14-16)20(27)24-8-10-25(11-9-24)21(28)18-5-4-12-29-18/h4-5,12-15H,1-3,6-11H2. The minimum atomic E-state index is -0.170. The van der Waals surface area contributed by atoms with Crippen LogP contribution >= 0.6 is 0 Å². The number of piperazine rings is 1. The van der Waals surface area contributed by atoms with Gasteiger partial charge in [-0.25, -0.2) is 0 Å². The molecule has 2 aliphatic rings. The second-order valence-electron chi connectivity index (χ2n) is 7.38. The molecule has 3 amide bonds. The van der Waals surface area contributed by atoms with Crippen LogP contribution in [0.4, 0.5) is 0 Å². The molecule has 2 aromatic heterocycles. The molecular formula is C21H24N4O4. The van der Waals surface area contributed by atoms with Crippen molar-refractivity contribution in [3.63, 3.8) is 0 Å². The van der Waals surface area contributed by atoms with Crippen molar-refractivity contribution < 1.29 is 18.8 Å². The van der Waals surface area contributed by atoms with E-state index in [4.69, 9.17) is 4.42 Å². The number of hydrogen-bond acceptors (Lipinski definition) is 5. The normalized spacial score (nSPS) is 17.3. The minimum absolute atomic E-state index is 0.0688. The molecule has 0 radical (unpaired) electrons. The summed E-state index contributed by atoms with van der Waals surface area (Å²) in [5, 5.41) is 0. The van der Waals surface area contributed by atoms with Crippen LogP contribution in [0.1, 0.15) is 50.5 Å². The predicted molar refractivity (Wildman–Crippen MR) is 105 cm³/mol. The molecule has 2 fully saturated rings. The lowest BCUT2D eigenvalue weighted by Gasteiger charge is -2.34. The van der Waals surface area contributed by atoms with Crippen molar-refractivity contribution in [3.05, 3.63) is 53.7 Å². The molecular weight excluding hydrogens is 372 g/mol. The Morgan fingerprint density at radius 1 is 0.759 bits per heavy atom. The number of aromatic nitrogens is 1. The third kappa shape index (κ3) is 4.16. The number of hydrogen-bond donors (Lipinski definition) is 0. The first-order valence-electron chi connectivity index (χ1n) is 10.00. The van der Waals surface area contributed by atoms with Crippen LogP contribution < -0.4 is 0 Å². The maximum atomic E-state index is 12.9. The molecule has 4 rings (SSSR count). The second kappa shape index (κ2) is 8.46. The molecule has 0 spiro atoms. The van der Waals surface area contributed by atoms with Gasteiger partial charge in [-0.05, 0) is 37.5 Å². The summed E-state index contributed by atoms with van der Waals surface area (Å²) in [6.07, 6.45) is 7.66. The van der Waals surface area contributed by atoms with Crippen molar-refractivity contribution in [2.24, 2.45) is 0 Å². The van der Waals surface area contributed by atoms with Gasteiger partial charge in [-0.3, -0.25) is 19.4 Å². The smallest absolute Gasteiger partial charge is 0.289 e. The monoisotopic (exact) mass is 396 g/mol. The van der Waals surface area contributed by atoms with Crippen LogP contribution in [-0.4, -0.2) is 76.7 Å². The van der Waals surface area contributed by atoms with E-state index in [-0.39, 0.29) is 17.7 Å². The molecule has 2 aromatic rings. The van der Waals surface area contributed by atoms with Gasteiger partial charge in [0, 0.05) is 51.7 Å². The van der Waals surface area contributed by atoms with E-state index in [1.807, 2.05) is 4.90 Å². The molecule has 0 aliphatic carbocycles. The maximum absolute atomic E-state index is 12.9. The molecule has 2 aliphatic heterocycles. The number of amides is 3. The molecule has 2 saturated heterocycles. The highest BCUT2D eigenvalue weighted by molar-refractivity contribution is 5.99. The zero-order valence-corrected chi connectivity index (χ0v) is 16.2. The third-order valence-corrected chi connectivity index (χ3v) is 5.46. The number of piperidine rings is 1. The lowest BCUT2D eigenvalue weighted by molar-refractivity contribution is 0.0517. The molecule has 4 heterocycles. The Morgan fingerprint density at radius 2 is 1.31 bits per heavy atom. The van der Waals surface area contributed by atoms with Crippen molar-refractivity contribution >= 4 is 17.7 Å². The molecule has 0 N–H and O–H groups in total. The molecule has 8 nitrogen and oxygen atoms in total. The molecule has 0 aromatic carbocycles. The molecule has 152 valence electrons. The summed E-state index contributed by atoms with van der Waals surface area (Å²) in [5.41, 5.74) is 0.850. The predicted octanol–water partition coefficient (Wildman–Crippen LogP) is 1.90. The fourth-order valence-electron chi connectivity index (χ4n) is 3.80. The van der Waals surface area contributed by atoms with Gasteiger partial charge in [0.1, 0.15) is 0 Å². The van der Waals surface area contributed by atoms with Crippen LogP contribution in [0, 0.1) is 0 Å². The average molecular weight is 396 g/mol. The van der Waals surface area contributed by atoms with E-state index < -0.39 is 0 Å². The first kappa shape index (κ1) is 19.2. The maximum Gasteiger partial charge on any atom is 0.289 e. The van der Waals surface area contributed by atoms with Gasteiger partial charge >= 0.3 is 0 Å². The van der Waals surface area contributed by atoms with Crippen molar-refractivity contribution in [3.8, 4) is 0 Å². The van der Waals surface area contributed by atoms with E-state index in [2.05, 4.69) is 4.98 Å². The van der Waals surface area contributed by atoms with Crippen LogP contribution in [0.15, 0.2) is 41.3 Å². The summed E-state index contributed by atoms with van der Waals surface area (Å²) in [5.74, 6) is -0.104. The SMILES string of the molecule is O=C(c1cncc(C(=O)N2CCN(C(=O)c3ccco3)CC2)c1)N1CCCCC1. The molecule has 0 bridgehead atoms. The zero-order valence-electron chi connectivity index (χ0n) is 16.2. The fraction of sp³-hybridized carbons (Fsp3) is 0.429. The molecule has 8 heteroatoms. The van der Waals surface area contributed by atoms with Gasteiger partial charge in [-0.1, -0.05) is 0 Å². The summed E-state index contributed by atoms with van der Waals surface area (Å²) in [4.78, 5) is 47.3. The Morgan fingerprint density at radius 3 is 1.86 bits per heavy atom. The number of nitrogens with zero attached hydrogens (tertiary/aromatic N) is 4. The summed E-state index contributed by atoms with van der Waals surface area (Å²) < 4.78 is 5.16. The highest BCUT2D eigenvalue weighted by atomic mass is 16.3. The number of carbonyl (C=O) groups excluding carboxylic acids is 3. The van der Waals surface area contributed by atoms with E-state index in [0.717, 1.165) is 32.4 Å². The number of likely N-dealkylation sites (tertiary alicyclic amines) is 1.